The Morgan fingerprint density at radius 2 is 2.26 bits per heavy atom. The molecule has 1 N–H and O–H groups in total. The molecule has 1 heterocycles. The quantitative estimate of drug-likeness (QED) is 0.660. The molecule has 7 heteroatoms. The molecule has 7 nitrogen and oxygen atoms in total. The number of hydrogen-bond donors (Lipinski definition) is 1. The summed E-state index contributed by atoms with van der Waals surface area (Å²) in [4.78, 5) is 34.2. The predicted octanol–water partition coefficient (Wildman–Crippen LogP) is 1.70. The second-order valence-electron chi connectivity index (χ2n) is 6.78. The smallest absolute Gasteiger partial charge is 0.334 e. The van der Waals surface area contributed by atoms with E-state index in [0.717, 1.165) is 16.6 Å². The van der Waals surface area contributed by atoms with Crippen molar-refractivity contribution in [1.29, 1.82) is 0 Å². The van der Waals surface area contributed by atoms with Crippen LogP contribution in [0.4, 0.5) is 5.69 Å². The number of rotatable bonds is 5. The molecule has 124 valence electrons. The lowest BCUT2D eigenvalue weighted by Gasteiger charge is -2.28. The number of carbonyl (C=O) groups is 1. The van der Waals surface area contributed by atoms with Crippen LogP contribution in [0.2, 0.25) is 0 Å². The van der Waals surface area contributed by atoms with Gasteiger partial charge in [-0.05, 0) is 50.0 Å². The fraction of sp³-hybridized carbons (Fsp3) is 0.625. The number of nitrogens with zero attached hydrogens (tertiary/aromatic N) is 2. The first-order valence-electron chi connectivity index (χ1n) is 8.09. The lowest BCUT2D eigenvalue weighted by molar-refractivity contribution is -0.386. The highest BCUT2D eigenvalue weighted by Gasteiger charge is 2.42. The minimum absolute atomic E-state index is 0.0761. The molecule has 0 aromatic carbocycles. The van der Waals surface area contributed by atoms with Crippen LogP contribution in [0.1, 0.15) is 32.6 Å². The highest BCUT2D eigenvalue weighted by molar-refractivity contribution is 5.76. The van der Waals surface area contributed by atoms with E-state index in [1.54, 1.807) is 0 Å². The zero-order chi connectivity index (χ0) is 16.6. The van der Waals surface area contributed by atoms with Crippen LogP contribution in [-0.4, -0.2) is 21.4 Å². The van der Waals surface area contributed by atoms with Crippen LogP contribution in [0.5, 0.6) is 0 Å². The van der Waals surface area contributed by atoms with E-state index in [0.29, 0.717) is 11.8 Å². The van der Waals surface area contributed by atoms with E-state index < -0.39 is 16.2 Å². The SMILES string of the molecule is C[C@H](NC(=O)Cn1cccc([N+](=O)[O-])c1=O)[C@H]1C[C@H]2CC[C@H]1C2. The van der Waals surface area contributed by atoms with E-state index in [2.05, 4.69) is 5.32 Å². The summed E-state index contributed by atoms with van der Waals surface area (Å²) in [5, 5.41) is 13.7. The molecule has 1 aromatic heterocycles. The van der Waals surface area contributed by atoms with E-state index >= 15 is 0 Å². The van der Waals surface area contributed by atoms with E-state index in [9.17, 15) is 19.7 Å². The summed E-state index contributed by atoms with van der Waals surface area (Å²) in [5.74, 6) is 1.75. The number of fused-ring (bicyclic) bond motifs is 2. The summed E-state index contributed by atoms with van der Waals surface area (Å²) in [6, 6.07) is 2.63. The molecule has 2 aliphatic carbocycles. The third kappa shape index (κ3) is 3.13. The number of aromatic nitrogens is 1. The van der Waals surface area contributed by atoms with Crippen molar-refractivity contribution in [3.8, 4) is 0 Å². The molecule has 1 aromatic rings. The van der Waals surface area contributed by atoms with Gasteiger partial charge in [-0.2, -0.15) is 0 Å². The fourth-order valence-electron chi connectivity index (χ4n) is 4.26. The molecule has 3 rings (SSSR count). The molecule has 0 aliphatic heterocycles. The van der Waals surface area contributed by atoms with E-state index in [4.69, 9.17) is 0 Å². The minimum atomic E-state index is -0.750. The topological polar surface area (TPSA) is 94.2 Å². The predicted molar refractivity (Wildman–Crippen MR) is 83.9 cm³/mol. The summed E-state index contributed by atoms with van der Waals surface area (Å²) in [5.41, 5.74) is -1.26. The Balaban J connectivity index is 1.62. The zero-order valence-electron chi connectivity index (χ0n) is 13.1. The molecule has 0 saturated heterocycles. The molecule has 2 aliphatic rings. The average Bonchev–Trinajstić information content (AvgIpc) is 3.11. The van der Waals surface area contributed by atoms with Gasteiger partial charge in [0, 0.05) is 18.3 Å². The molecule has 2 bridgehead atoms. The summed E-state index contributed by atoms with van der Waals surface area (Å²) in [6.07, 6.45) is 6.40. The monoisotopic (exact) mass is 319 g/mol. The van der Waals surface area contributed by atoms with Crippen molar-refractivity contribution in [2.24, 2.45) is 17.8 Å². The van der Waals surface area contributed by atoms with Gasteiger partial charge in [0.05, 0.1) is 4.92 Å². The second-order valence-corrected chi connectivity index (χ2v) is 6.78. The van der Waals surface area contributed by atoms with E-state index in [1.807, 2.05) is 6.92 Å². The van der Waals surface area contributed by atoms with Gasteiger partial charge in [-0.3, -0.25) is 19.7 Å². The third-order valence-corrected chi connectivity index (χ3v) is 5.33. The van der Waals surface area contributed by atoms with Crippen molar-refractivity contribution < 1.29 is 9.72 Å². The van der Waals surface area contributed by atoms with Crippen LogP contribution in [0, 0.1) is 27.9 Å². The number of carbonyl (C=O) groups excluding carboxylic acids is 1. The highest BCUT2D eigenvalue weighted by Crippen LogP contribution is 2.49. The molecule has 23 heavy (non-hydrogen) atoms. The molecule has 0 spiro atoms. The summed E-state index contributed by atoms with van der Waals surface area (Å²) < 4.78 is 1.08. The maximum absolute atomic E-state index is 12.2. The van der Waals surface area contributed by atoms with E-state index in [1.165, 1.54) is 37.9 Å². The van der Waals surface area contributed by atoms with Gasteiger partial charge in [0.25, 0.3) is 0 Å². The number of nitrogens with one attached hydrogen (secondary N) is 1. The van der Waals surface area contributed by atoms with Gasteiger partial charge in [0.15, 0.2) is 0 Å². The maximum atomic E-state index is 12.2. The van der Waals surface area contributed by atoms with Crippen LogP contribution in [0.25, 0.3) is 0 Å². The van der Waals surface area contributed by atoms with E-state index in [-0.39, 0.29) is 18.5 Å². The van der Waals surface area contributed by atoms with Crippen molar-refractivity contribution in [1.82, 2.24) is 9.88 Å². The summed E-state index contributed by atoms with van der Waals surface area (Å²) in [6.45, 7) is 1.82. The van der Waals surface area contributed by atoms with Gasteiger partial charge in [-0.25, -0.2) is 0 Å². The lowest BCUT2D eigenvalue weighted by atomic mass is 9.84. The summed E-state index contributed by atoms with van der Waals surface area (Å²) >= 11 is 0. The second kappa shape index (κ2) is 6.14. The van der Waals surface area contributed by atoms with Crippen LogP contribution in [0.15, 0.2) is 23.1 Å². The Bertz CT molecular complexity index is 684. The van der Waals surface area contributed by atoms with Gasteiger partial charge in [-0.1, -0.05) is 6.42 Å². The van der Waals surface area contributed by atoms with Gasteiger partial charge >= 0.3 is 11.2 Å². The Hall–Kier alpha value is -2.18. The Morgan fingerprint density at radius 3 is 2.87 bits per heavy atom. The number of nitro groups is 1. The van der Waals surface area contributed by atoms with Gasteiger partial charge in [-0.15, -0.1) is 0 Å². The van der Waals surface area contributed by atoms with Crippen molar-refractivity contribution in [3.63, 3.8) is 0 Å². The molecular weight excluding hydrogens is 298 g/mol. The first kappa shape index (κ1) is 15.7. The number of amides is 1. The van der Waals surface area contributed by atoms with Crippen LogP contribution in [0.3, 0.4) is 0 Å². The maximum Gasteiger partial charge on any atom is 0.334 e. The number of pyridine rings is 1. The largest absolute Gasteiger partial charge is 0.352 e. The molecule has 0 unspecified atom stereocenters. The lowest BCUT2D eigenvalue weighted by Crippen LogP contribution is -2.42. The van der Waals surface area contributed by atoms with Crippen LogP contribution in [-0.2, 0) is 11.3 Å². The molecule has 1 amide bonds. The molecule has 4 atom stereocenters. The minimum Gasteiger partial charge on any atom is -0.352 e. The van der Waals surface area contributed by atoms with Crippen LogP contribution >= 0.6 is 0 Å². The van der Waals surface area contributed by atoms with Crippen molar-refractivity contribution in [2.45, 2.75) is 45.2 Å². The van der Waals surface area contributed by atoms with Gasteiger partial charge < -0.3 is 9.88 Å². The van der Waals surface area contributed by atoms with Gasteiger partial charge in [0.1, 0.15) is 6.54 Å². The Labute approximate surface area is 133 Å². The van der Waals surface area contributed by atoms with Crippen LogP contribution < -0.4 is 10.9 Å². The first-order chi connectivity index (χ1) is 11.0. The Morgan fingerprint density at radius 1 is 1.48 bits per heavy atom. The van der Waals surface area contributed by atoms with Crippen molar-refractivity contribution >= 4 is 11.6 Å². The normalized spacial score (nSPS) is 26.9. The Kier molecular flexibility index (Phi) is 4.19. The molecule has 0 radical (unpaired) electrons. The third-order valence-electron chi connectivity index (χ3n) is 5.33. The fourth-order valence-corrected chi connectivity index (χ4v) is 4.26. The highest BCUT2D eigenvalue weighted by atomic mass is 16.6. The summed E-state index contributed by atoms with van der Waals surface area (Å²) in [7, 11) is 0. The first-order valence-corrected chi connectivity index (χ1v) is 8.09. The molecule has 2 saturated carbocycles. The molecular formula is C16H21N3O4. The zero-order valence-corrected chi connectivity index (χ0v) is 13.1. The average molecular weight is 319 g/mol. The standard InChI is InChI=1S/C16H21N3O4/c1-10(13-8-11-4-5-12(13)7-11)17-15(20)9-18-6-2-3-14(16(18)21)19(22)23/h2-3,6,10-13H,4-5,7-9H2,1H3,(H,17,20)/t10-,11-,12-,13+/m0/s1. The van der Waals surface area contributed by atoms with Gasteiger partial charge in [0.2, 0.25) is 5.91 Å². The van der Waals surface area contributed by atoms with Crippen molar-refractivity contribution in [3.05, 3.63) is 38.8 Å². The number of hydrogen-bond acceptors (Lipinski definition) is 4. The van der Waals surface area contributed by atoms with Crippen molar-refractivity contribution in [2.75, 3.05) is 0 Å². The molecule has 2 fully saturated rings.